The van der Waals surface area contributed by atoms with E-state index in [2.05, 4.69) is 26.4 Å². The molecule has 0 radical (unpaired) electrons. The Morgan fingerprint density at radius 3 is 2.94 bits per heavy atom. The van der Waals surface area contributed by atoms with Crippen LogP contribution in [-0.2, 0) is 11.3 Å². The first-order chi connectivity index (χ1) is 8.56. The van der Waals surface area contributed by atoms with Gasteiger partial charge in [-0.2, -0.15) is 0 Å². The van der Waals surface area contributed by atoms with E-state index >= 15 is 0 Å². The van der Waals surface area contributed by atoms with Gasteiger partial charge in [0.2, 0.25) is 5.91 Å². The monoisotopic (exact) mass is 328 g/mol. The number of aromatic nitrogens is 1. The maximum Gasteiger partial charge on any atom is 0.228 e. The van der Waals surface area contributed by atoms with Gasteiger partial charge in [0.15, 0.2) is 0 Å². The molecule has 0 aliphatic heterocycles. The number of hydrogen-bond acceptors (Lipinski definition) is 4. The third kappa shape index (κ3) is 3.20. The lowest BCUT2D eigenvalue weighted by molar-refractivity contribution is -0.122. The molecule has 18 heavy (non-hydrogen) atoms. The van der Waals surface area contributed by atoms with Crippen molar-refractivity contribution in [3.63, 3.8) is 0 Å². The summed E-state index contributed by atoms with van der Waals surface area (Å²) in [6.07, 6.45) is 0. The van der Waals surface area contributed by atoms with Crippen LogP contribution < -0.4 is 5.32 Å². The Balaban J connectivity index is 1.92. The SMILES string of the molecule is Cc1cc(CNC(=O)C(C)c2ccc(Br)s2)no1. The molecule has 2 rings (SSSR count). The van der Waals surface area contributed by atoms with Gasteiger partial charge in [-0.15, -0.1) is 11.3 Å². The summed E-state index contributed by atoms with van der Waals surface area (Å²) >= 11 is 4.96. The number of halogens is 1. The highest BCUT2D eigenvalue weighted by Gasteiger charge is 2.17. The number of nitrogens with zero attached hydrogens (tertiary/aromatic N) is 1. The molecule has 0 aromatic carbocycles. The predicted octanol–water partition coefficient (Wildman–Crippen LogP) is 3.23. The van der Waals surface area contributed by atoms with Gasteiger partial charge >= 0.3 is 0 Å². The third-order valence-corrected chi connectivity index (χ3v) is 4.34. The summed E-state index contributed by atoms with van der Waals surface area (Å²) in [5.41, 5.74) is 0.736. The number of thiophene rings is 1. The van der Waals surface area contributed by atoms with Crippen molar-refractivity contribution in [3.8, 4) is 0 Å². The van der Waals surface area contributed by atoms with Crippen LogP contribution in [0.1, 0.15) is 29.2 Å². The third-order valence-electron chi connectivity index (χ3n) is 2.53. The van der Waals surface area contributed by atoms with Crippen molar-refractivity contribution in [1.82, 2.24) is 10.5 Å². The first-order valence-electron chi connectivity index (χ1n) is 5.51. The second kappa shape index (κ2) is 5.67. The topological polar surface area (TPSA) is 55.1 Å². The van der Waals surface area contributed by atoms with E-state index in [9.17, 15) is 4.79 Å². The zero-order valence-electron chi connectivity index (χ0n) is 10.1. The molecule has 6 heteroatoms. The maximum absolute atomic E-state index is 12.0. The van der Waals surface area contributed by atoms with Crippen molar-refractivity contribution < 1.29 is 9.32 Å². The largest absolute Gasteiger partial charge is 0.361 e. The van der Waals surface area contributed by atoms with Crippen LogP contribution in [0.2, 0.25) is 0 Å². The van der Waals surface area contributed by atoms with Crippen LogP contribution in [0.3, 0.4) is 0 Å². The fraction of sp³-hybridized carbons (Fsp3) is 0.333. The van der Waals surface area contributed by atoms with Crippen molar-refractivity contribution in [2.45, 2.75) is 26.3 Å². The molecule has 0 fully saturated rings. The Hall–Kier alpha value is -1.14. The number of rotatable bonds is 4. The second-order valence-corrected chi connectivity index (χ2v) is 6.50. The van der Waals surface area contributed by atoms with E-state index in [-0.39, 0.29) is 11.8 Å². The van der Waals surface area contributed by atoms with E-state index in [1.807, 2.05) is 32.0 Å². The van der Waals surface area contributed by atoms with Crippen LogP contribution in [0.5, 0.6) is 0 Å². The Bertz CT molecular complexity index is 550. The summed E-state index contributed by atoms with van der Waals surface area (Å²) in [5.74, 6) is 0.578. The molecule has 2 aromatic rings. The molecular weight excluding hydrogens is 316 g/mol. The standard InChI is InChI=1S/C12H13BrN2O2S/c1-7-5-9(15-17-7)6-14-12(16)8(2)10-3-4-11(13)18-10/h3-5,8H,6H2,1-2H3,(H,14,16). The van der Waals surface area contributed by atoms with Crippen LogP contribution in [0.4, 0.5) is 0 Å². The molecule has 96 valence electrons. The van der Waals surface area contributed by atoms with Crippen molar-refractivity contribution >= 4 is 33.2 Å². The Morgan fingerprint density at radius 1 is 1.61 bits per heavy atom. The van der Waals surface area contributed by atoms with Crippen molar-refractivity contribution in [1.29, 1.82) is 0 Å². The molecule has 2 aromatic heterocycles. The average Bonchev–Trinajstić information content (AvgIpc) is 2.94. The van der Waals surface area contributed by atoms with Crippen LogP contribution >= 0.6 is 27.3 Å². The van der Waals surface area contributed by atoms with E-state index in [0.29, 0.717) is 6.54 Å². The summed E-state index contributed by atoms with van der Waals surface area (Å²) in [4.78, 5) is 13.0. The van der Waals surface area contributed by atoms with E-state index in [1.54, 1.807) is 11.3 Å². The molecule has 1 unspecified atom stereocenters. The van der Waals surface area contributed by atoms with Gasteiger partial charge in [0.05, 0.1) is 16.2 Å². The Labute approximate surface area is 117 Å². The second-order valence-electron chi connectivity index (χ2n) is 4.01. The number of nitrogens with one attached hydrogen (secondary N) is 1. The first kappa shape index (κ1) is 13.3. The minimum absolute atomic E-state index is 0.00926. The highest BCUT2D eigenvalue weighted by molar-refractivity contribution is 9.11. The lowest BCUT2D eigenvalue weighted by atomic mass is 10.1. The fourth-order valence-electron chi connectivity index (χ4n) is 1.52. The van der Waals surface area contributed by atoms with Gasteiger partial charge in [0.1, 0.15) is 11.5 Å². The average molecular weight is 329 g/mol. The minimum atomic E-state index is -0.158. The van der Waals surface area contributed by atoms with Gasteiger partial charge in [-0.1, -0.05) is 5.16 Å². The highest BCUT2D eigenvalue weighted by Crippen LogP contribution is 2.28. The molecule has 1 atom stereocenters. The maximum atomic E-state index is 12.0. The van der Waals surface area contributed by atoms with Gasteiger partial charge < -0.3 is 9.84 Å². The number of carbonyl (C=O) groups excluding carboxylic acids is 1. The van der Waals surface area contributed by atoms with Crippen LogP contribution in [0.15, 0.2) is 26.5 Å². The van der Waals surface area contributed by atoms with Gasteiger partial charge in [0, 0.05) is 10.9 Å². The molecule has 1 N–H and O–H groups in total. The summed E-state index contributed by atoms with van der Waals surface area (Å²) in [6.45, 7) is 4.11. The molecule has 0 bridgehead atoms. The van der Waals surface area contributed by atoms with Gasteiger partial charge in [-0.3, -0.25) is 4.79 Å². The zero-order chi connectivity index (χ0) is 13.1. The summed E-state index contributed by atoms with van der Waals surface area (Å²) in [5, 5.41) is 6.68. The van der Waals surface area contributed by atoms with E-state index in [1.165, 1.54) is 0 Å². The molecule has 1 amide bonds. The smallest absolute Gasteiger partial charge is 0.228 e. The molecule has 4 nitrogen and oxygen atoms in total. The van der Waals surface area contributed by atoms with Gasteiger partial charge in [-0.05, 0) is 41.9 Å². The lowest BCUT2D eigenvalue weighted by Gasteiger charge is -2.09. The first-order valence-corrected chi connectivity index (χ1v) is 7.12. The van der Waals surface area contributed by atoms with Crippen molar-refractivity contribution in [2.75, 3.05) is 0 Å². The van der Waals surface area contributed by atoms with Crippen LogP contribution in [-0.4, -0.2) is 11.1 Å². The van der Waals surface area contributed by atoms with E-state index in [0.717, 1.165) is 20.1 Å². The Morgan fingerprint density at radius 2 is 2.39 bits per heavy atom. The molecule has 0 aliphatic rings. The normalized spacial score (nSPS) is 12.4. The van der Waals surface area contributed by atoms with Crippen LogP contribution in [0.25, 0.3) is 0 Å². The van der Waals surface area contributed by atoms with Crippen molar-refractivity contribution in [3.05, 3.63) is 38.3 Å². The van der Waals surface area contributed by atoms with Crippen molar-refractivity contribution in [2.24, 2.45) is 0 Å². The summed E-state index contributed by atoms with van der Waals surface area (Å²) < 4.78 is 5.97. The molecule has 0 saturated heterocycles. The number of hydrogen-bond donors (Lipinski definition) is 1. The molecule has 0 aliphatic carbocycles. The van der Waals surface area contributed by atoms with E-state index in [4.69, 9.17) is 4.52 Å². The van der Waals surface area contributed by atoms with Crippen LogP contribution in [0, 0.1) is 6.92 Å². The van der Waals surface area contributed by atoms with Gasteiger partial charge in [-0.25, -0.2) is 0 Å². The lowest BCUT2D eigenvalue weighted by Crippen LogP contribution is -2.27. The zero-order valence-corrected chi connectivity index (χ0v) is 12.5. The molecule has 2 heterocycles. The fourth-order valence-corrected chi connectivity index (χ4v) is 3.00. The highest BCUT2D eigenvalue weighted by atomic mass is 79.9. The summed E-state index contributed by atoms with van der Waals surface area (Å²) in [6, 6.07) is 5.72. The minimum Gasteiger partial charge on any atom is -0.361 e. The molecule has 0 spiro atoms. The number of aryl methyl sites for hydroxylation is 1. The number of amides is 1. The molecule has 0 saturated carbocycles. The summed E-state index contributed by atoms with van der Waals surface area (Å²) in [7, 11) is 0. The predicted molar refractivity (Wildman–Crippen MR) is 73.5 cm³/mol. The quantitative estimate of drug-likeness (QED) is 0.937. The van der Waals surface area contributed by atoms with Gasteiger partial charge in [0.25, 0.3) is 0 Å². The molecular formula is C12H13BrN2O2S. The van der Waals surface area contributed by atoms with E-state index < -0.39 is 0 Å². The number of carbonyl (C=O) groups is 1. The Kier molecular flexibility index (Phi) is 4.19.